The predicted molar refractivity (Wildman–Crippen MR) is 70.0 cm³/mol. The van der Waals surface area contributed by atoms with E-state index in [1.54, 1.807) is 0 Å². The van der Waals surface area contributed by atoms with Crippen LogP contribution in [-0.4, -0.2) is 66.9 Å². The molecule has 1 aliphatic heterocycles. The molecule has 0 aliphatic carbocycles. The summed E-state index contributed by atoms with van der Waals surface area (Å²) in [6.45, 7) is 7.68. The van der Waals surface area contributed by atoms with Gasteiger partial charge in [-0.2, -0.15) is 0 Å². The van der Waals surface area contributed by atoms with E-state index in [0.717, 1.165) is 26.1 Å². The van der Waals surface area contributed by atoms with Crippen molar-refractivity contribution < 1.29 is 9.59 Å². The number of hydrogen-bond acceptors (Lipinski definition) is 4. The van der Waals surface area contributed by atoms with Crippen molar-refractivity contribution in [1.82, 2.24) is 15.1 Å². The molecule has 6 heteroatoms. The quantitative estimate of drug-likeness (QED) is 0.661. The van der Waals surface area contributed by atoms with Gasteiger partial charge in [0.25, 0.3) is 0 Å². The fourth-order valence-corrected chi connectivity index (χ4v) is 2.00. The van der Waals surface area contributed by atoms with Gasteiger partial charge in [-0.05, 0) is 6.42 Å². The van der Waals surface area contributed by atoms with Gasteiger partial charge in [0.1, 0.15) is 0 Å². The lowest BCUT2D eigenvalue weighted by atomic mass is 10.3. The van der Waals surface area contributed by atoms with Crippen LogP contribution >= 0.6 is 0 Å². The molecular weight excluding hydrogens is 232 g/mol. The van der Waals surface area contributed by atoms with Crippen LogP contribution in [0.3, 0.4) is 0 Å². The molecule has 1 heterocycles. The van der Waals surface area contributed by atoms with Crippen LogP contribution in [0.2, 0.25) is 0 Å². The summed E-state index contributed by atoms with van der Waals surface area (Å²) in [7, 11) is 0. The van der Waals surface area contributed by atoms with Crippen LogP contribution in [-0.2, 0) is 9.59 Å². The summed E-state index contributed by atoms with van der Waals surface area (Å²) in [6, 6.07) is 0.312. The van der Waals surface area contributed by atoms with Crippen molar-refractivity contribution in [3.63, 3.8) is 0 Å². The molecule has 0 aromatic rings. The molecule has 1 fully saturated rings. The van der Waals surface area contributed by atoms with E-state index >= 15 is 0 Å². The zero-order chi connectivity index (χ0) is 13.5. The second-order valence-corrected chi connectivity index (χ2v) is 5.01. The Kier molecular flexibility index (Phi) is 6.07. The molecule has 0 spiro atoms. The minimum Gasteiger partial charge on any atom is -0.369 e. The largest absolute Gasteiger partial charge is 0.369 e. The van der Waals surface area contributed by atoms with Crippen molar-refractivity contribution in [2.24, 2.45) is 5.73 Å². The van der Waals surface area contributed by atoms with Gasteiger partial charge >= 0.3 is 0 Å². The minimum absolute atomic E-state index is 0.129. The van der Waals surface area contributed by atoms with E-state index in [2.05, 4.69) is 5.32 Å². The van der Waals surface area contributed by atoms with Gasteiger partial charge in [-0.3, -0.25) is 14.5 Å². The van der Waals surface area contributed by atoms with Gasteiger partial charge in [-0.15, -0.1) is 0 Å². The van der Waals surface area contributed by atoms with Crippen molar-refractivity contribution in [1.29, 1.82) is 0 Å². The van der Waals surface area contributed by atoms with E-state index in [9.17, 15) is 9.59 Å². The summed E-state index contributed by atoms with van der Waals surface area (Å²) < 4.78 is 0. The summed E-state index contributed by atoms with van der Waals surface area (Å²) in [5, 5.41) is 3.13. The number of nitrogens with one attached hydrogen (secondary N) is 1. The maximum atomic E-state index is 11.9. The zero-order valence-electron chi connectivity index (χ0n) is 11.3. The highest BCUT2D eigenvalue weighted by atomic mass is 16.2. The average Bonchev–Trinajstić information content (AvgIpc) is 2.50. The number of primary amides is 1. The Bertz CT molecular complexity index is 294. The summed E-state index contributed by atoms with van der Waals surface area (Å²) in [6.07, 6.45) is 0.890. The Hall–Kier alpha value is -1.14. The Morgan fingerprint density at radius 1 is 1.22 bits per heavy atom. The first kappa shape index (κ1) is 14.9. The molecule has 0 unspecified atom stereocenters. The SMILES string of the molecule is CC(C)NCC(=O)N1CCCN(CC(N)=O)CC1. The highest BCUT2D eigenvalue weighted by molar-refractivity contribution is 5.78. The van der Waals surface area contributed by atoms with Crippen LogP contribution in [0.15, 0.2) is 0 Å². The maximum Gasteiger partial charge on any atom is 0.236 e. The molecule has 0 saturated carbocycles. The minimum atomic E-state index is -0.309. The van der Waals surface area contributed by atoms with Crippen molar-refractivity contribution in [3.8, 4) is 0 Å². The molecule has 0 radical (unpaired) electrons. The predicted octanol–water partition coefficient (Wildman–Crippen LogP) is -0.996. The number of nitrogens with zero attached hydrogens (tertiary/aromatic N) is 2. The molecule has 2 amide bonds. The lowest BCUT2D eigenvalue weighted by molar-refractivity contribution is -0.130. The number of rotatable bonds is 5. The number of hydrogen-bond donors (Lipinski definition) is 2. The van der Waals surface area contributed by atoms with Crippen LogP contribution in [0, 0.1) is 0 Å². The second kappa shape index (κ2) is 7.33. The smallest absolute Gasteiger partial charge is 0.236 e. The van der Waals surface area contributed by atoms with Crippen molar-refractivity contribution in [3.05, 3.63) is 0 Å². The molecule has 104 valence electrons. The Morgan fingerprint density at radius 2 is 1.94 bits per heavy atom. The third kappa shape index (κ3) is 5.46. The first-order valence-corrected chi connectivity index (χ1v) is 6.51. The first-order chi connectivity index (χ1) is 8.49. The van der Waals surface area contributed by atoms with Crippen LogP contribution in [0.5, 0.6) is 0 Å². The molecule has 1 rings (SSSR count). The van der Waals surface area contributed by atoms with Crippen molar-refractivity contribution >= 4 is 11.8 Å². The van der Waals surface area contributed by atoms with Gasteiger partial charge in [0, 0.05) is 32.2 Å². The summed E-state index contributed by atoms with van der Waals surface area (Å²) in [4.78, 5) is 26.7. The van der Waals surface area contributed by atoms with Gasteiger partial charge in [-0.25, -0.2) is 0 Å². The van der Waals surface area contributed by atoms with Crippen LogP contribution in [0.25, 0.3) is 0 Å². The molecule has 3 N–H and O–H groups in total. The Morgan fingerprint density at radius 3 is 2.56 bits per heavy atom. The fraction of sp³-hybridized carbons (Fsp3) is 0.833. The van der Waals surface area contributed by atoms with Crippen LogP contribution < -0.4 is 11.1 Å². The Balaban J connectivity index is 2.36. The van der Waals surface area contributed by atoms with Gasteiger partial charge < -0.3 is 16.0 Å². The first-order valence-electron chi connectivity index (χ1n) is 6.51. The van der Waals surface area contributed by atoms with Gasteiger partial charge in [0.15, 0.2) is 0 Å². The molecular formula is C12H24N4O2. The van der Waals surface area contributed by atoms with Gasteiger partial charge in [-0.1, -0.05) is 13.8 Å². The summed E-state index contributed by atoms with van der Waals surface area (Å²) in [5.74, 6) is -0.180. The molecule has 0 aromatic heterocycles. The normalized spacial score (nSPS) is 17.8. The van der Waals surface area contributed by atoms with Crippen molar-refractivity contribution in [2.45, 2.75) is 26.3 Å². The third-order valence-corrected chi connectivity index (χ3v) is 2.98. The van der Waals surface area contributed by atoms with E-state index < -0.39 is 0 Å². The molecule has 0 bridgehead atoms. The number of carbonyl (C=O) groups is 2. The topological polar surface area (TPSA) is 78.7 Å². The Labute approximate surface area is 108 Å². The maximum absolute atomic E-state index is 11.9. The van der Waals surface area contributed by atoms with E-state index in [-0.39, 0.29) is 18.4 Å². The molecule has 1 aliphatic rings. The molecule has 1 saturated heterocycles. The summed E-state index contributed by atoms with van der Waals surface area (Å²) >= 11 is 0. The highest BCUT2D eigenvalue weighted by Gasteiger charge is 2.19. The molecule has 6 nitrogen and oxygen atoms in total. The van der Waals surface area contributed by atoms with E-state index in [1.165, 1.54) is 0 Å². The highest BCUT2D eigenvalue weighted by Crippen LogP contribution is 2.03. The van der Waals surface area contributed by atoms with E-state index in [1.807, 2.05) is 23.6 Å². The monoisotopic (exact) mass is 256 g/mol. The lowest BCUT2D eigenvalue weighted by Gasteiger charge is -2.22. The van der Waals surface area contributed by atoms with Crippen LogP contribution in [0.1, 0.15) is 20.3 Å². The zero-order valence-corrected chi connectivity index (χ0v) is 11.3. The number of nitrogens with two attached hydrogens (primary N) is 1. The molecule has 0 atom stereocenters. The standard InChI is InChI=1S/C12H24N4O2/c1-10(2)14-8-12(18)16-5-3-4-15(6-7-16)9-11(13)17/h10,14H,3-9H2,1-2H3,(H2,13,17). The van der Waals surface area contributed by atoms with Gasteiger partial charge in [0.2, 0.25) is 11.8 Å². The van der Waals surface area contributed by atoms with E-state index in [0.29, 0.717) is 19.1 Å². The summed E-state index contributed by atoms with van der Waals surface area (Å²) in [5.41, 5.74) is 5.18. The van der Waals surface area contributed by atoms with Gasteiger partial charge in [0.05, 0.1) is 13.1 Å². The van der Waals surface area contributed by atoms with Crippen molar-refractivity contribution in [2.75, 3.05) is 39.3 Å². The van der Waals surface area contributed by atoms with E-state index in [4.69, 9.17) is 5.73 Å². The second-order valence-electron chi connectivity index (χ2n) is 5.01. The average molecular weight is 256 g/mol. The number of carbonyl (C=O) groups excluding carboxylic acids is 2. The third-order valence-electron chi connectivity index (χ3n) is 2.98. The fourth-order valence-electron chi connectivity index (χ4n) is 2.00. The number of amides is 2. The van der Waals surface area contributed by atoms with Crippen LogP contribution in [0.4, 0.5) is 0 Å². The lowest BCUT2D eigenvalue weighted by Crippen LogP contribution is -2.42. The molecule has 0 aromatic carbocycles. The molecule has 18 heavy (non-hydrogen) atoms.